The Bertz CT molecular complexity index is 893. The van der Waals surface area contributed by atoms with Crippen molar-refractivity contribution in [2.75, 3.05) is 13.1 Å². The first kappa shape index (κ1) is 21.6. The van der Waals surface area contributed by atoms with Crippen molar-refractivity contribution in [2.45, 2.75) is 59.9 Å². The molecule has 1 aliphatic heterocycles. The van der Waals surface area contributed by atoms with Crippen LogP contribution in [-0.4, -0.2) is 17.7 Å². The Morgan fingerprint density at radius 3 is 2.66 bits per heavy atom. The summed E-state index contributed by atoms with van der Waals surface area (Å²) in [5, 5.41) is 4.83. The topological polar surface area (TPSA) is 17.0 Å². The van der Waals surface area contributed by atoms with E-state index >= 15 is 0 Å². The molecule has 0 radical (unpaired) electrons. The van der Waals surface area contributed by atoms with Crippen molar-refractivity contribution in [3.05, 3.63) is 71.5 Å². The van der Waals surface area contributed by atoms with Crippen LogP contribution in [0.3, 0.4) is 0 Å². The summed E-state index contributed by atoms with van der Waals surface area (Å²) in [6, 6.07) is 8.94. The Morgan fingerprint density at radius 2 is 1.97 bits per heavy atom. The van der Waals surface area contributed by atoms with E-state index in [1.165, 1.54) is 39.7 Å². The average molecular weight is 391 g/mol. The van der Waals surface area contributed by atoms with E-state index in [9.17, 15) is 0 Å². The number of rotatable bonds is 6. The Morgan fingerprint density at radius 1 is 1.21 bits per heavy atom. The molecule has 1 N–H and O–H groups in total. The molecule has 1 aromatic heterocycles. The summed E-state index contributed by atoms with van der Waals surface area (Å²) in [5.41, 5.74) is 7.16. The Kier molecular flexibility index (Phi) is 7.55. The Hall–Kier alpha value is -2.06. The van der Waals surface area contributed by atoms with E-state index in [0.717, 1.165) is 44.8 Å². The highest BCUT2D eigenvalue weighted by molar-refractivity contribution is 5.86. The number of nitrogens with zero attached hydrogens (tertiary/aromatic N) is 1. The normalized spacial score (nSPS) is 19.2. The second-order valence-corrected chi connectivity index (χ2v) is 8.23. The van der Waals surface area contributed by atoms with Gasteiger partial charge in [-0.05, 0) is 55.7 Å². The van der Waals surface area contributed by atoms with Crippen molar-refractivity contribution >= 4 is 10.9 Å². The highest BCUT2D eigenvalue weighted by atomic mass is 15.0. The van der Waals surface area contributed by atoms with Crippen LogP contribution in [0.5, 0.6) is 0 Å². The number of hydrogen-bond acceptors (Lipinski definition) is 1. The largest absolute Gasteiger partial charge is 0.344 e. The van der Waals surface area contributed by atoms with Gasteiger partial charge in [0.05, 0.1) is 0 Å². The second kappa shape index (κ2) is 10.1. The summed E-state index contributed by atoms with van der Waals surface area (Å²) < 4.78 is 2.55. The molecule has 1 fully saturated rings. The molecule has 4 rings (SSSR count). The van der Waals surface area contributed by atoms with Gasteiger partial charge in [0.1, 0.15) is 0 Å². The van der Waals surface area contributed by atoms with Crippen LogP contribution in [0.1, 0.15) is 51.3 Å². The van der Waals surface area contributed by atoms with E-state index in [2.05, 4.69) is 72.8 Å². The van der Waals surface area contributed by atoms with Crippen LogP contribution in [-0.2, 0) is 13.0 Å². The molecule has 29 heavy (non-hydrogen) atoms. The number of para-hydroxylation sites is 1. The van der Waals surface area contributed by atoms with E-state index in [1.54, 1.807) is 0 Å². The molecule has 1 aromatic carbocycles. The van der Waals surface area contributed by atoms with Crippen molar-refractivity contribution in [3.8, 4) is 0 Å². The highest BCUT2D eigenvalue weighted by Gasteiger charge is 2.21. The second-order valence-electron chi connectivity index (χ2n) is 8.23. The molecule has 2 aliphatic rings. The molecule has 2 aromatic rings. The number of hydrogen-bond donors (Lipinski definition) is 1. The number of benzene rings is 1. The predicted molar refractivity (Wildman–Crippen MR) is 127 cm³/mol. The zero-order valence-corrected chi connectivity index (χ0v) is 18.8. The van der Waals surface area contributed by atoms with Gasteiger partial charge in [-0.3, -0.25) is 0 Å². The van der Waals surface area contributed by atoms with Crippen LogP contribution in [0.15, 0.2) is 60.2 Å². The molecule has 0 bridgehead atoms. The van der Waals surface area contributed by atoms with Crippen molar-refractivity contribution in [3.63, 3.8) is 0 Å². The minimum atomic E-state index is 0.539. The van der Waals surface area contributed by atoms with E-state index in [4.69, 9.17) is 0 Å². The van der Waals surface area contributed by atoms with E-state index < -0.39 is 0 Å². The molecule has 0 saturated carbocycles. The summed E-state index contributed by atoms with van der Waals surface area (Å²) in [6.07, 6.45) is 11.6. The van der Waals surface area contributed by atoms with Crippen molar-refractivity contribution in [1.82, 2.24) is 9.88 Å². The molecular weight excluding hydrogens is 352 g/mol. The fraction of sp³-hybridized carbons (Fsp3) is 0.481. The van der Waals surface area contributed by atoms with E-state index in [1.807, 2.05) is 13.8 Å². The zero-order chi connectivity index (χ0) is 20.8. The molecular formula is C27H38N2. The van der Waals surface area contributed by atoms with Gasteiger partial charge >= 0.3 is 0 Å². The number of aromatic nitrogens is 1. The quantitative estimate of drug-likeness (QED) is 0.550. The van der Waals surface area contributed by atoms with Gasteiger partial charge in [-0.15, -0.1) is 0 Å². The first-order chi connectivity index (χ1) is 14.2. The van der Waals surface area contributed by atoms with Crippen LogP contribution in [0.4, 0.5) is 0 Å². The van der Waals surface area contributed by atoms with E-state index in [0.29, 0.717) is 5.92 Å². The SMILES string of the molecule is C=C(CC)C1C=CC(Cc2c(C)n(CC3CNC3)c3ccccc23)=CCC1.CC. The van der Waals surface area contributed by atoms with Gasteiger partial charge in [0.2, 0.25) is 0 Å². The molecule has 2 nitrogen and oxygen atoms in total. The summed E-state index contributed by atoms with van der Waals surface area (Å²) in [4.78, 5) is 0. The van der Waals surface area contributed by atoms with Crippen LogP contribution < -0.4 is 5.32 Å². The summed E-state index contributed by atoms with van der Waals surface area (Å²) in [6.45, 7) is 16.2. The lowest BCUT2D eigenvalue weighted by atomic mass is 9.94. The maximum Gasteiger partial charge on any atom is 0.0485 e. The lowest BCUT2D eigenvalue weighted by Crippen LogP contribution is -2.44. The van der Waals surface area contributed by atoms with Crippen LogP contribution in [0.25, 0.3) is 10.9 Å². The zero-order valence-electron chi connectivity index (χ0n) is 18.8. The number of nitrogens with one attached hydrogen (secondary N) is 1. The summed E-state index contributed by atoms with van der Waals surface area (Å²) >= 11 is 0. The van der Waals surface area contributed by atoms with Crippen molar-refractivity contribution in [2.24, 2.45) is 11.8 Å². The van der Waals surface area contributed by atoms with Gasteiger partial charge in [-0.25, -0.2) is 0 Å². The maximum atomic E-state index is 4.26. The van der Waals surface area contributed by atoms with Crippen molar-refractivity contribution < 1.29 is 0 Å². The van der Waals surface area contributed by atoms with Gasteiger partial charge < -0.3 is 9.88 Å². The third-order valence-electron chi connectivity index (χ3n) is 6.45. The minimum Gasteiger partial charge on any atom is -0.344 e. The van der Waals surface area contributed by atoms with Gasteiger partial charge in [0, 0.05) is 42.1 Å². The van der Waals surface area contributed by atoms with Crippen LogP contribution in [0.2, 0.25) is 0 Å². The number of fused-ring (bicyclic) bond motifs is 1. The Labute approximate surface area is 177 Å². The smallest absolute Gasteiger partial charge is 0.0485 e. The molecule has 1 unspecified atom stereocenters. The molecule has 1 saturated heterocycles. The Balaban J connectivity index is 0.00000117. The lowest BCUT2D eigenvalue weighted by molar-refractivity contribution is 0.308. The van der Waals surface area contributed by atoms with Crippen LogP contribution in [0, 0.1) is 18.8 Å². The maximum absolute atomic E-state index is 4.26. The molecule has 1 aliphatic carbocycles. The third-order valence-corrected chi connectivity index (χ3v) is 6.45. The molecule has 0 spiro atoms. The van der Waals surface area contributed by atoms with Gasteiger partial charge in [-0.1, -0.05) is 69.4 Å². The molecule has 0 amide bonds. The minimum absolute atomic E-state index is 0.539. The highest BCUT2D eigenvalue weighted by Crippen LogP contribution is 2.31. The summed E-state index contributed by atoms with van der Waals surface area (Å²) in [5.74, 6) is 1.31. The monoisotopic (exact) mass is 390 g/mol. The van der Waals surface area contributed by atoms with Crippen LogP contribution >= 0.6 is 0 Å². The third kappa shape index (κ3) is 4.75. The fourth-order valence-electron chi connectivity index (χ4n) is 4.49. The molecule has 1 atom stereocenters. The average Bonchev–Trinajstić information content (AvgIpc) is 2.87. The van der Waals surface area contributed by atoms with E-state index in [-0.39, 0.29) is 0 Å². The van der Waals surface area contributed by atoms with Gasteiger partial charge in [0.15, 0.2) is 0 Å². The summed E-state index contributed by atoms with van der Waals surface area (Å²) in [7, 11) is 0. The molecule has 2 heterocycles. The first-order valence-corrected chi connectivity index (χ1v) is 11.5. The predicted octanol–water partition coefficient (Wildman–Crippen LogP) is 6.60. The fourth-order valence-corrected chi connectivity index (χ4v) is 4.49. The lowest BCUT2D eigenvalue weighted by Gasteiger charge is -2.28. The first-order valence-electron chi connectivity index (χ1n) is 11.5. The number of allylic oxidation sites excluding steroid dienone is 5. The standard InChI is InChI=1S/C25H32N2.C2H6/c1-4-18(2)22-9-7-8-20(12-13-22)14-24-19(3)27(17-21-15-26-16-21)25-11-6-5-10-23(24)25;1-2/h5-6,8,10-13,21-22,26H,2,4,7,9,14-17H2,1,3H3;1-2H3. The van der Waals surface area contributed by atoms with Gasteiger partial charge in [-0.2, -0.15) is 0 Å². The van der Waals surface area contributed by atoms with Crippen molar-refractivity contribution in [1.29, 1.82) is 0 Å². The molecule has 2 heteroatoms. The molecule has 156 valence electrons. The van der Waals surface area contributed by atoms with Gasteiger partial charge in [0.25, 0.3) is 0 Å².